The Hall–Kier alpha value is -4.86. The average Bonchev–Trinajstić information content (AvgIpc) is 3.15. The second-order valence-corrected chi connectivity index (χ2v) is 13.7. The summed E-state index contributed by atoms with van der Waals surface area (Å²) in [5, 5.41) is 31.0. The molecule has 1 amide bonds. The maximum Gasteiger partial charge on any atom is 0.410 e. The number of amides is 1. The van der Waals surface area contributed by atoms with Crippen LogP contribution in [0.2, 0.25) is 0 Å². The van der Waals surface area contributed by atoms with Gasteiger partial charge in [-0.15, -0.1) is 0 Å². The molecule has 0 unspecified atom stereocenters. The standard InChI is InChI=1S/C41H48N2O9/c1-41(2,3)52-40(46)43-23-37(50-26-28-20-30-10-5-7-12-34(30)36(21-28)47-4)39(38(24-43)51-27-32(45)25-44)29-14-16-33(17-15-29)48-18-9-19-49-35-13-8-6-11-31(35)22-42/h5-8,10-17,20-21,32,37-39,44-45H,9,18-19,23-27H2,1-4H3/t32-,37-,38+,39+/m0/s1. The molecule has 52 heavy (non-hydrogen) atoms. The van der Waals surface area contributed by atoms with E-state index in [-0.39, 0.29) is 32.2 Å². The average molecular weight is 713 g/mol. The molecule has 4 aromatic carbocycles. The second kappa shape index (κ2) is 18.1. The van der Waals surface area contributed by atoms with Gasteiger partial charge in [0.25, 0.3) is 0 Å². The molecule has 0 bridgehead atoms. The lowest BCUT2D eigenvalue weighted by Gasteiger charge is -2.44. The number of fused-ring (bicyclic) bond motifs is 1. The number of aliphatic hydroxyl groups excluding tert-OH is 2. The first kappa shape index (κ1) is 38.4. The lowest BCUT2D eigenvalue weighted by Crippen LogP contribution is -2.55. The van der Waals surface area contributed by atoms with Crippen LogP contribution in [0.3, 0.4) is 0 Å². The van der Waals surface area contributed by atoms with E-state index in [1.807, 2.05) is 81.4 Å². The largest absolute Gasteiger partial charge is 0.496 e. The molecule has 0 aromatic heterocycles. The highest BCUT2D eigenvalue weighted by Crippen LogP contribution is 2.36. The first-order valence-electron chi connectivity index (χ1n) is 17.5. The number of aliphatic hydroxyl groups is 2. The van der Waals surface area contributed by atoms with Crippen molar-refractivity contribution in [1.29, 1.82) is 5.26 Å². The molecule has 1 fully saturated rings. The lowest BCUT2D eigenvalue weighted by molar-refractivity contribution is -0.111. The molecule has 0 radical (unpaired) electrons. The number of benzene rings is 4. The summed E-state index contributed by atoms with van der Waals surface area (Å²) in [5.74, 6) is 1.60. The smallest absolute Gasteiger partial charge is 0.410 e. The normalized spacial score (nSPS) is 18.0. The van der Waals surface area contributed by atoms with Crippen molar-refractivity contribution < 1.29 is 43.4 Å². The highest BCUT2D eigenvalue weighted by Gasteiger charge is 2.42. The maximum atomic E-state index is 13.4. The van der Waals surface area contributed by atoms with Crippen LogP contribution in [-0.2, 0) is 20.8 Å². The first-order valence-corrected chi connectivity index (χ1v) is 17.5. The Balaban J connectivity index is 1.35. The summed E-state index contributed by atoms with van der Waals surface area (Å²) in [4.78, 5) is 15.0. The fraction of sp³-hybridized carbons (Fsp3) is 0.415. The zero-order valence-corrected chi connectivity index (χ0v) is 30.2. The van der Waals surface area contributed by atoms with Crippen LogP contribution < -0.4 is 14.2 Å². The Morgan fingerprint density at radius 2 is 1.62 bits per heavy atom. The van der Waals surface area contributed by atoms with Gasteiger partial charge in [-0.3, -0.25) is 0 Å². The van der Waals surface area contributed by atoms with Crippen molar-refractivity contribution >= 4 is 16.9 Å². The summed E-state index contributed by atoms with van der Waals surface area (Å²) in [7, 11) is 1.64. The van der Waals surface area contributed by atoms with Gasteiger partial charge in [0.05, 0.1) is 71.0 Å². The Morgan fingerprint density at radius 1 is 0.923 bits per heavy atom. The number of hydrogen-bond donors (Lipinski definition) is 2. The monoisotopic (exact) mass is 712 g/mol. The van der Waals surface area contributed by atoms with Crippen molar-refractivity contribution in [2.24, 2.45) is 0 Å². The van der Waals surface area contributed by atoms with Crippen molar-refractivity contribution in [3.05, 3.63) is 102 Å². The number of carbonyl (C=O) groups excluding carboxylic acids is 1. The fourth-order valence-corrected chi connectivity index (χ4v) is 6.17. The number of para-hydroxylation sites is 1. The van der Waals surface area contributed by atoms with E-state index < -0.39 is 36.6 Å². The van der Waals surface area contributed by atoms with Gasteiger partial charge in [-0.05, 0) is 73.7 Å². The van der Waals surface area contributed by atoms with Crippen LogP contribution in [0.1, 0.15) is 49.8 Å². The van der Waals surface area contributed by atoms with E-state index in [9.17, 15) is 20.3 Å². The van der Waals surface area contributed by atoms with Crippen LogP contribution in [0.25, 0.3) is 10.8 Å². The third-order valence-electron chi connectivity index (χ3n) is 8.62. The van der Waals surface area contributed by atoms with Gasteiger partial charge in [0.15, 0.2) is 0 Å². The van der Waals surface area contributed by atoms with Crippen molar-refractivity contribution in [3.8, 4) is 23.3 Å². The van der Waals surface area contributed by atoms with Gasteiger partial charge >= 0.3 is 6.09 Å². The van der Waals surface area contributed by atoms with Crippen LogP contribution in [-0.4, -0.2) is 91.7 Å². The first-order chi connectivity index (χ1) is 25.1. The molecule has 11 heteroatoms. The summed E-state index contributed by atoms with van der Waals surface area (Å²) in [5.41, 5.74) is 1.58. The van der Waals surface area contributed by atoms with E-state index in [0.29, 0.717) is 36.7 Å². The molecule has 11 nitrogen and oxygen atoms in total. The van der Waals surface area contributed by atoms with E-state index in [4.69, 9.17) is 28.4 Å². The predicted molar refractivity (Wildman–Crippen MR) is 196 cm³/mol. The number of rotatable bonds is 15. The molecule has 4 aromatic rings. The van der Waals surface area contributed by atoms with Crippen LogP contribution in [0.5, 0.6) is 17.2 Å². The number of piperidine rings is 1. The molecule has 4 atom stereocenters. The number of likely N-dealkylation sites (tertiary alicyclic amines) is 1. The highest BCUT2D eigenvalue weighted by molar-refractivity contribution is 5.89. The Morgan fingerprint density at radius 3 is 2.33 bits per heavy atom. The molecule has 1 aliphatic rings. The number of methoxy groups -OCH3 is 1. The molecular weight excluding hydrogens is 664 g/mol. The number of carbonyl (C=O) groups is 1. The number of ether oxygens (including phenoxy) is 6. The van der Waals surface area contributed by atoms with Gasteiger partial charge < -0.3 is 43.5 Å². The Kier molecular flexibility index (Phi) is 13.3. The molecule has 0 saturated carbocycles. The van der Waals surface area contributed by atoms with Crippen molar-refractivity contribution in [2.75, 3.05) is 46.6 Å². The van der Waals surface area contributed by atoms with Gasteiger partial charge in [0, 0.05) is 17.7 Å². The molecular formula is C41H48N2O9. The van der Waals surface area contributed by atoms with Gasteiger partial charge in [-0.2, -0.15) is 5.26 Å². The van der Waals surface area contributed by atoms with Crippen molar-refractivity contribution in [3.63, 3.8) is 0 Å². The predicted octanol–water partition coefficient (Wildman–Crippen LogP) is 6.23. The quantitative estimate of drug-likeness (QED) is 0.137. The summed E-state index contributed by atoms with van der Waals surface area (Å²) in [6.07, 6.45) is -2.10. The zero-order chi connectivity index (χ0) is 37.1. The van der Waals surface area contributed by atoms with Crippen LogP contribution >= 0.6 is 0 Å². The SMILES string of the molecule is COc1cc(CO[C@H]2CN(C(=O)OC(C)(C)C)C[C@@H](OC[C@@H](O)CO)[C@@H]2c2ccc(OCCCOc3ccccc3C#N)cc2)cc2ccccc12. The molecule has 1 saturated heterocycles. The molecule has 5 rings (SSSR count). The molecule has 1 aliphatic heterocycles. The van der Waals surface area contributed by atoms with E-state index >= 15 is 0 Å². The van der Waals surface area contributed by atoms with Gasteiger partial charge in [0.1, 0.15) is 35.0 Å². The molecule has 0 aliphatic carbocycles. The van der Waals surface area contributed by atoms with Gasteiger partial charge in [-0.1, -0.05) is 48.5 Å². The summed E-state index contributed by atoms with van der Waals surface area (Å²) >= 11 is 0. The summed E-state index contributed by atoms with van der Waals surface area (Å²) in [6.45, 7) is 6.32. The molecule has 2 N–H and O–H groups in total. The van der Waals surface area contributed by atoms with Gasteiger partial charge in [-0.25, -0.2) is 4.79 Å². The second-order valence-electron chi connectivity index (χ2n) is 13.7. The van der Waals surface area contributed by atoms with Crippen molar-refractivity contribution in [1.82, 2.24) is 4.90 Å². The molecule has 276 valence electrons. The zero-order valence-electron chi connectivity index (χ0n) is 30.2. The van der Waals surface area contributed by atoms with E-state index in [0.717, 1.165) is 27.6 Å². The van der Waals surface area contributed by atoms with E-state index in [1.165, 1.54) is 0 Å². The minimum atomic E-state index is -1.09. The van der Waals surface area contributed by atoms with E-state index in [2.05, 4.69) is 12.1 Å². The molecule has 1 heterocycles. The minimum absolute atomic E-state index is 0.128. The fourth-order valence-electron chi connectivity index (χ4n) is 6.17. The Bertz CT molecular complexity index is 1800. The van der Waals surface area contributed by atoms with Crippen LogP contribution in [0, 0.1) is 11.3 Å². The number of nitrogens with zero attached hydrogens (tertiary/aromatic N) is 2. The maximum absolute atomic E-state index is 13.4. The minimum Gasteiger partial charge on any atom is -0.496 e. The van der Waals surface area contributed by atoms with Gasteiger partial charge in [0.2, 0.25) is 0 Å². The lowest BCUT2D eigenvalue weighted by atomic mass is 9.84. The van der Waals surface area contributed by atoms with Crippen LogP contribution in [0.4, 0.5) is 4.79 Å². The van der Waals surface area contributed by atoms with Crippen molar-refractivity contribution in [2.45, 2.75) is 63.6 Å². The summed E-state index contributed by atoms with van der Waals surface area (Å²) in [6, 6.07) is 28.9. The number of nitriles is 1. The third kappa shape index (κ3) is 10.4. The topological polar surface area (TPSA) is 140 Å². The number of hydrogen-bond acceptors (Lipinski definition) is 10. The Labute approximate surface area is 305 Å². The van der Waals surface area contributed by atoms with Crippen LogP contribution in [0.15, 0.2) is 84.9 Å². The summed E-state index contributed by atoms with van der Waals surface area (Å²) < 4.78 is 36.1. The van der Waals surface area contributed by atoms with E-state index in [1.54, 1.807) is 30.2 Å². The molecule has 0 spiro atoms. The highest BCUT2D eigenvalue weighted by atomic mass is 16.6. The third-order valence-corrected chi connectivity index (χ3v) is 8.62.